The molecule has 2 nitrogen and oxygen atoms in total. The van der Waals surface area contributed by atoms with Crippen molar-refractivity contribution in [1.82, 2.24) is 4.98 Å². The molecule has 0 amide bonds. The van der Waals surface area contributed by atoms with Gasteiger partial charge in [0.05, 0.1) is 12.3 Å². The van der Waals surface area contributed by atoms with Gasteiger partial charge in [-0.2, -0.15) is 4.39 Å². The maximum Gasteiger partial charge on any atom is 0.218 e. The number of benzene rings is 1. The summed E-state index contributed by atoms with van der Waals surface area (Å²) >= 11 is 0. The minimum absolute atomic E-state index is 0.144. The van der Waals surface area contributed by atoms with Gasteiger partial charge >= 0.3 is 0 Å². The highest BCUT2D eigenvalue weighted by Gasteiger charge is 2.05. The number of aliphatic hydroxyl groups is 1. The number of aromatic nitrogens is 1. The third-order valence-electron chi connectivity index (χ3n) is 2.24. The SMILES string of the molecule is OCc1ccc(-c2ccc(F)cc2)nc1F. The molecule has 0 atom stereocenters. The standard InChI is InChI=1S/C12H9F2NO/c13-10-4-1-8(2-5-10)11-6-3-9(7-16)12(14)15-11/h1-6,16H,7H2. The van der Waals surface area contributed by atoms with Gasteiger partial charge in [0.15, 0.2) is 0 Å². The van der Waals surface area contributed by atoms with Crippen LogP contribution in [0.25, 0.3) is 11.3 Å². The number of hydrogen-bond acceptors (Lipinski definition) is 2. The Balaban J connectivity index is 2.41. The number of aliphatic hydroxyl groups excluding tert-OH is 1. The van der Waals surface area contributed by atoms with Crippen molar-refractivity contribution >= 4 is 0 Å². The fraction of sp³-hybridized carbons (Fsp3) is 0.0833. The van der Waals surface area contributed by atoms with E-state index in [1.54, 1.807) is 6.07 Å². The number of halogens is 2. The lowest BCUT2D eigenvalue weighted by Crippen LogP contribution is -1.95. The maximum atomic E-state index is 13.3. The Kier molecular flexibility index (Phi) is 2.92. The van der Waals surface area contributed by atoms with E-state index in [1.165, 1.54) is 30.3 Å². The Morgan fingerprint density at radius 3 is 2.25 bits per heavy atom. The Morgan fingerprint density at radius 1 is 1.00 bits per heavy atom. The van der Waals surface area contributed by atoms with Crippen LogP contribution in [0.2, 0.25) is 0 Å². The second kappa shape index (κ2) is 4.37. The van der Waals surface area contributed by atoms with E-state index >= 15 is 0 Å². The van der Waals surface area contributed by atoms with Gasteiger partial charge in [0, 0.05) is 11.1 Å². The molecule has 0 bridgehead atoms. The normalized spacial score (nSPS) is 10.4. The molecule has 0 radical (unpaired) electrons. The van der Waals surface area contributed by atoms with Crippen molar-refractivity contribution in [1.29, 1.82) is 0 Å². The van der Waals surface area contributed by atoms with Gasteiger partial charge in [-0.15, -0.1) is 0 Å². The monoisotopic (exact) mass is 221 g/mol. The molecule has 2 rings (SSSR count). The van der Waals surface area contributed by atoms with Crippen LogP contribution in [-0.2, 0) is 6.61 Å². The molecular formula is C12H9F2NO. The van der Waals surface area contributed by atoms with Gasteiger partial charge in [0.2, 0.25) is 5.95 Å². The topological polar surface area (TPSA) is 33.1 Å². The quantitative estimate of drug-likeness (QED) is 0.790. The summed E-state index contributed by atoms with van der Waals surface area (Å²) in [5.41, 5.74) is 1.19. The molecule has 16 heavy (non-hydrogen) atoms. The average Bonchev–Trinajstić information content (AvgIpc) is 2.30. The molecule has 0 aliphatic heterocycles. The molecule has 1 aromatic carbocycles. The Morgan fingerprint density at radius 2 is 1.69 bits per heavy atom. The summed E-state index contributed by atoms with van der Waals surface area (Å²) in [6, 6.07) is 8.66. The zero-order valence-corrected chi connectivity index (χ0v) is 8.32. The highest BCUT2D eigenvalue weighted by atomic mass is 19.1. The average molecular weight is 221 g/mol. The smallest absolute Gasteiger partial charge is 0.218 e. The van der Waals surface area contributed by atoms with E-state index in [2.05, 4.69) is 4.98 Å². The van der Waals surface area contributed by atoms with E-state index in [0.717, 1.165) is 0 Å². The molecule has 0 aliphatic rings. The van der Waals surface area contributed by atoms with Gasteiger partial charge < -0.3 is 5.11 Å². The van der Waals surface area contributed by atoms with E-state index in [-0.39, 0.29) is 18.0 Å². The van der Waals surface area contributed by atoms with Crippen LogP contribution in [0.5, 0.6) is 0 Å². The van der Waals surface area contributed by atoms with Crippen LogP contribution in [0.4, 0.5) is 8.78 Å². The van der Waals surface area contributed by atoms with Gasteiger partial charge in [0.1, 0.15) is 5.82 Å². The summed E-state index contributed by atoms with van der Waals surface area (Å²) in [4.78, 5) is 3.69. The van der Waals surface area contributed by atoms with Crippen LogP contribution in [-0.4, -0.2) is 10.1 Å². The summed E-state index contributed by atoms with van der Waals surface area (Å²) in [6.07, 6.45) is 0. The predicted molar refractivity (Wildman–Crippen MR) is 55.5 cm³/mol. The van der Waals surface area contributed by atoms with E-state index in [9.17, 15) is 8.78 Å². The first-order valence-corrected chi connectivity index (χ1v) is 4.73. The molecule has 0 spiro atoms. The summed E-state index contributed by atoms with van der Waals surface area (Å²) < 4.78 is 25.9. The Bertz CT molecular complexity index is 497. The van der Waals surface area contributed by atoms with Gasteiger partial charge in [-0.25, -0.2) is 9.37 Å². The van der Waals surface area contributed by atoms with Crippen molar-refractivity contribution in [3.05, 3.63) is 53.7 Å². The lowest BCUT2D eigenvalue weighted by atomic mass is 10.1. The molecule has 1 aromatic heterocycles. The van der Waals surface area contributed by atoms with E-state index in [1.807, 2.05) is 0 Å². The van der Waals surface area contributed by atoms with Gasteiger partial charge in [-0.1, -0.05) is 0 Å². The van der Waals surface area contributed by atoms with Gasteiger partial charge in [-0.05, 0) is 36.4 Å². The van der Waals surface area contributed by atoms with Crippen molar-refractivity contribution in [2.45, 2.75) is 6.61 Å². The highest BCUT2D eigenvalue weighted by Crippen LogP contribution is 2.18. The van der Waals surface area contributed by atoms with Crippen LogP contribution in [0, 0.1) is 11.8 Å². The van der Waals surface area contributed by atoms with Crippen molar-refractivity contribution in [2.24, 2.45) is 0 Å². The summed E-state index contributed by atoms with van der Waals surface area (Å²) in [7, 11) is 0. The molecule has 0 saturated heterocycles. The fourth-order valence-electron chi connectivity index (χ4n) is 1.36. The maximum absolute atomic E-state index is 13.3. The molecular weight excluding hydrogens is 212 g/mol. The molecule has 2 aromatic rings. The second-order valence-electron chi connectivity index (χ2n) is 3.31. The first-order valence-electron chi connectivity index (χ1n) is 4.73. The minimum Gasteiger partial charge on any atom is -0.392 e. The first-order chi connectivity index (χ1) is 7.70. The zero-order valence-electron chi connectivity index (χ0n) is 8.32. The van der Waals surface area contributed by atoms with Crippen LogP contribution < -0.4 is 0 Å². The lowest BCUT2D eigenvalue weighted by Gasteiger charge is -2.03. The number of nitrogens with zero attached hydrogens (tertiary/aromatic N) is 1. The fourth-order valence-corrected chi connectivity index (χ4v) is 1.36. The molecule has 0 unspecified atom stereocenters. The predicted octanol–water partition coefficient (Wildman–Crippen LogP) is 2.52. The molecule has 1 N–H and O–H groups in total. The van der Waals surface area contributed by atoms with Crippen molar-refractivity contribution < 1.29 is 13.9 Å². The third-order valence-corrected chi connectivity index (χ3v) is 2.24. The van der Waals surface area contributed by atoms with Crippen molar-refractivity contribution in [2.75, 3.05) is 0 Å². The first kappa shape index (κ1) is 10.7. The summed E-state index contributed by atoms with van der Waals surface area (Å²) in [5.74, 6) is -1.06. The molecule has 4 heteroatoms. The lowest BCUT2D eigenvalue weighted by molar-refractivity contribution is 0.274. The minimum atomic E-state index is -0.704. The Hall–Kier alpha value is -1.81. The summed E-state index contributed by atoms with van der Waals surface area (Å²) in [5, 5.41) is 8.79. The number of hydrogen-bond donors (Lipinski definition) is 1. The molecule has 0 saturated carbocycles. The highest BCUT2D eigenvalue weighted by molar-refractivity contribution is 5.58. The summed E-state index contributed by atoms with van der Waals surface area (Å²) in [6.45, 7) is -0.386. The van der Waals surface area contributed by atoms with Gasteiger partial charge in [0.25, 0.3) is 0 Å². The molecule has 1 heterocycles. The van der Waals surface area contributed by atoms with E-state index < -0.39 is 5.95 Å². The molecule has 0 aliphatic carbocycles. The van der Waals surface area contributed by atoms with Crippen LogP contribution >= 0.6 is 0 Å². The van der Waals surface area contributed by atoms with Crippen LogP contribution in [0.3, 0.4) is 0 Å². The van der Waals surface area contributed by atoms with Crippen LogP contribution in [0.15, 0.2) is 36.4 Å². The largest absolute Gasteiger partial charge is 0.392 e. The third kappa shape index (κ3) is 2.06. The zero-order chi connectivity index (χ0) is 11.5. The molecule has 82 valence electrons. The molecule has 0 fully saturated rings. The Labute approximate surface area is 91.2 Å². The van der Waals surface area contributed by atoms with E-state index in [0.29, 0.717) is 11.3 Å². The van der Waals surface area contributed by atoms with E-state index in [4.69, 9.17) is 5.11 Å². The van der Waals surface area contributed by atoms with Gasteiger partial charge in [-0.3, -0.25) is 0 Å². The number of rotatable bonds is 2. The van der Waals surface area contributed by atoms with Crippen molar-refractivity contribution in [3.63, 3.8) is 0 Å². The van der Waals surface area contributed by atoms with Crippen LogP contribution in [0.1, 0.15) is 5.56 Å². The van der Waals surface area contributed by atoms with Crippen molar-refractivity contribution in [3.8, 4) is 11.3 Å². The number of pyridine rings is 1. The second-order valence-corrected chi connectivity index (χ2v) is 3.31.